The Morgan fingerprint density at radius 1 is 1.44 bits per heavy atom. The van der Waals surface area contributed by atoms with Crippen LogP contribution in [0.1, 0.15) is 19.8 Å². The normalized spacial score (nSPS) is 22.3. The van der Waals surface area contributed by atoms with Crippen molar-refractivity contribution in [2.45, 2.75) is 25.8 Å². The minimum absolute atomic E-state index is 0.830. The Kier molecular flexibility index (Phi) is 3.44. The molecule has 0 spiro atoms. The van der Waals surface area contributed by atoms with E-state index in [1.54, 1.807) is 0 Å². The number of nitrogens with one attached hydrogen (secondary N) is 1. The third-order valence-electron chi connectivity index (χ3n) is 1.71. The van der Waals surface area contributed by atoms with Gasteiger partial charge in [-0.15, -0.1) is 0 Å². The molecule has 0 radical (unpaired) electrons. The summed E-state index contributed by atoms with van der Waals surface area (Å²) >= 11 is 2.08. The molecule has 9 heavy (non-hydrogen) atoms. The largest absolute Gasteiger partial charge is 0.314 e. The molecule has 1 fully saturated rings. The standard InChI is InChI=1S/C7H15NS/c1-2-8-7-3-5-9-6-4-7/h7-8H,2-6H2,1H3. The zero-order chi connectivity index (χ0) is 6.53. The summed E-state index contributed by atoms with van der Waals surface area (Å²) in [6.07, 6.45) is 2.75. The molecule has 0 bridgehead atoms. The molecule has 0 aromatic rings. The number of hydrogen-bond acceptors (Lipinski definition) is 2. The van der Waals surface area contributed by atoms with Crippen LogP contribution in [0.4, 0.5) is 0 Å². The molecule has 0 aromatic carbocycles. The van der Waals surface area contributed by atoms with E-state index < -0.39 is 0 Å². The monoisotopic (exact) mass is 145 g/mol. The average molecular weight is 145 g/mol. The van der Waals surface area contributed by atoms with E-state index in [1.165, 1.54) is 24.3 Å². The summed E-state index contributed by atoms with van der Waals surface area (Å²) in [5.41, 5.74) is 0. The Bertz CT molecular complexity index is 66.6. The van der Waals surface area contributed by atoms with Crippen LogP contribution in [0.25, 0.3) is 0 Å². The molecular weight excluding hydrogens is 130 g/mol. The van der Waals surface area contributed by atoms with Gasteiger partial charge in [0.25, 0.3) is 0 Å². The van der Waals surface area contributed by atoms with Crippen molar-refractivity contribution in [3.8, 4) is 0 Å². The predicted octanol–water partition coefficient (Wildman–Crippen LogP) is 1.49. The van der Waals surface area contributed by atoms with Gasteiger partial charge in [0.1, 0.15) is 0 Å². The molecular formula is C7H15NS. The van der Waals surface area contributed by atoms with Gasteiger partial charge in [-0.2, -0.15) is 11.8 Å². The van der Waals surface area contributed by atoms with Gasteiger partial charge in [0, 0.05) is 6.04 Å². The highest BCUT2D eigenvalue weighted by molar-refractivity contribution is 7.99. The van der Waals surface area contributed by atoms with Crippen molar-refractivity contribution < 1.29 is 0 Å². The molecule has 0 aliphatic carbocycles. The predicted molar refractivity (Wildman–Crippen MR) is 44.0 cm³/mol. The fourth-order valence-electron chi connectivity index (χ4n) is 1.19. The van der Waals surface area contributed by atoms with E-state index in [0.717, 1.165) is 12.6 Å². The van der Waals surface area contributed by atoms with Crippen molar-refractivity contribution in [1.29, 1.82) is 0 Å². The maximum atomic E-state index is 3.47. The lowest BCUT2D eigenvalue weighted by atomic mass is 10.1. The molecule has 1 nitrogen and oxygen atoms in total. The van der Waals surface area contributed by atoms with E-state index in [-0.39, 0.29) is 0 Å². The van der Waals surface area contributed by atoms with Crippen LogP contribution in [0, 0.1) is 0 Å². The van der Waals surface area contributed by atoms with Crippen LogP contribution >= 0.6 is 11.8 Å². The smallest absolute Gasteiger partial charge is 0.00826 e. The fourth-order valence-corrected chi connectivity index (χ4v) is 2.30. The molecule has 2 heteroatoms. The lowest BCUT2D eigenvalue weighted by Crippen LogP contribution is -2.32. The maximum Gasteiger partial charge on any atom is 0.00826 e. The van der Waals surface area contributed by atoms with Crippen molar-refractivity contribution in [3.63, 3.8) is 0 Å². The van der Waals surface area contributed by atoms with Crippen molar-refractivity contribution in [2.24, 2.45) is 0 Å². The Morgan fingerprint density at radius 3 is 2.67 bits per heavy atom. The van der Waals surface area contributed by atoms with Crippen molar-refractivity contribution in [3.05, 3.63) is 0 Å². The van der Waals surface area contributed by atoms with Crippen LogP contribution in [0.5, 0.6) is 0 Å². The van der Waals surface area contributed by atoms with Crippen LogP contribution in [-0.2, 0) is 0 Å². The minimum atomic E-state index is 0.830. The second kappa shape index (κ2) is 4.18. The summed E-state index contributed by atoms with van der Waals surface area (Å²) in [6, 6.07) is 0.830. The van der Waals surface area contributed by atoms with Gasteiger partial charge in [0.2, 0.25) is 0 Å². The van der Waals surface area contributed by atoms with Crippen LogP contribution in [0.3, 0.4) is 0 Å². The third kappa shape index (κ3) is 2.59. The molecule has 0 amide bonds. The van der Waals surface area contributed by atoms with E-state index >= 15 is 0 Å². The topological polar surface area (TPSA) is 12.0 Å². The second-order valence-electron chi connectivity index (χ2n) is 2.44. The van der Waals surface area contributed by atoms with Crippen LogP contribution in [0.15, 0.2) is 0 Å². The van der Waals surface area contributed by atoms with Gasteiger partial charge in [-0.1, -0.05) is 6.92 Å². The first-order chi connectivity index (χ1) is 4.43. The molecule has 1 saturated heterocycles. The highest BCUT2D eigenvalue weighted by atomic mass is 32.2. The Morgan fingerprint density at radius 2 is 2.11 bits per heavy atom. The molecule has 1 rings (SSSR count). The van der Waals surface area contributed by atoms with Gasteiger partial charge in [-0.05, 0) is 30.9 Å². The van der Waals surface area contributed by atoms with Crippen LogP contribution in [0.2, 0.25) is 0 Å². The molecule has 54 valence electrons. The molecule has 0 atom stereocenters. The maximum absolute atomic E-state index is 3.47. The Balaban J connectivity index is 2.08. The Hall–Kier alpha value is 0.310. The molecule has 0 aromatic heterocycles. The summed E-state index contributed by atoms with van der Waals surface area (Å²) < 4.78 is 0. The quantitative estimate of drug-likeness (QED) is 0.632. The summed E-state index contributed by atoms with van der Waals surface area (Å²) in [7, 11) is 0. The second-order valence-corrected chi connectivity index (χ2v) is 3.67. The Labute approximate surface area is 61.6 Å². The summed E-state index contributed by atoms with van der Waals surface area (Å²) in [4.78, 5) is 0. The molecule has 1 heterocycles. The third-order valence-corrected chi connectivity index (χ3v) is 2.76. The molecule has 0 unspecified atom stereocenters. The van der Waals surface area contributed by atoms with E-state index in [9.17, 15) is 0 Å². The number of rotatable bonds is 2. The van der Waals surface area contributed by atoms with E-state index in [1.807, 2.05) is 0 Å². The average Bonchev–Trinajstić information content (AvgIpc) is 1.91. The lowest BCUT2D eigenvalue weighted by molar-refractivity contribution is 0.497. The molecule has 1 aliphatic heterocycles. The van der Waals surface area contributed by atoms with E-state index in [2.05, 4.69) is 24.0 Å². The van der Waals surface area contributed by atoms with E-state index in [0.29, 0.717) is 0 Å². The first kappa shape index (κ1) is 7.42. The first-order valence-corrected chi connectivity index (χ1v) is 4.90. The van der Waals surface area contributed by atoms with E-state index in [4.69, 9.17) is 0 Å². The van der Waals surface area contributed by atoms with Crippen LogP contribution < -0.4 is 5.32 Å². The SMILES string of the molecule is CCNC1CCSCC1. The van der Waals surface area contributed by atoms with Crippen molar-refractivity contribution in [2.75, 3.05) is 18.1 Å². The molecule has 0 saturated carbocycles. The fraction of sp³-hybridized carbons (Fsp3) is 1.00. The number of hydrogen-bond donors (Lipinski definition) is 1. The van der Waals surface area contributed by atoms with Gasteiger partial charge in [0.05, 0.1) is 0 Å². The van der Waals surface area contributed by atoms with Gasteiger partial charge >= 0.3 is 0 Å². The lowest BCUT2D eigenvalue weighted by Gasteiger charge is -2.21. The highest BCUT2D eigenvalue weighted by Gasteiger charge is 2.10. The summed E-state index contributed by atoms with van der Waals surface area (Å²) in [5.74, 6) is 2.72. The minimum Gasteiger partial charge on any atom is -0.314 e. The first-order valence-electron chi connectivity index (χ1n) is 3.74. The van der Waals surface area contributed by atoms with Gasteiger partial charge < -0.3 is 5.32 Å². The van der Waals surface area contributed by atoms with Crippen molar-refractivity contribution >= 4 is 11.8 Å². The highest BCUT2D eigenvalue weighted by Crippen LogP contribution is 2.16. The zero-order valence-corrected chi connectivity index (χ0v) is 6.84. The molecule has 1 aliphatic rings. The summed E-state index contributed by atoms with van der Waals surface area (Å²) in [6.45, 7) is 3.32. The molecule has 1 N–H and O–H groups in total. The summed E-state index contributed by atoms with van der Waals surface area (Å²) in [5, 5.41) is 3.47. The number of thioether (sulfide) groups is 1. The van der Waals surface area contributed by atoms with Crippen LogP contribution in [-0.4, -0.2) is 24.1 Å². The van der Waals surface area contributed by atoms with Gasteiger partial charge in [-0.3, -0.25) is 0 Å². The van der Waals surface area contributed by atoms with Gasteiger partial charge in [-0.25, -0.2) is 0 Å². The van der Waals surface area contributed by atoms with Gasteiger partial charge in [0.15, 0.2) is 0 Å². The zero-order valence-electron chi connectivity index (χ0n) is 6.02. The van der Waals surface area contributed by atoms with Crippen molar-refractivity contribution in [1.82, 2.24) is 5.32 Å².